The first kappa shape index (κ1) is 12.2. The van der Waals surface area contributed by atoms with Gasteiger partial charge < -0.3 is 4.90 Å². The van der Waals surface area contributed by atoms with Crippen molar-refractivity contribution in [3.8, 4) is 0 Å². The van der Waals surface area contributed by atoms with Crippen molar-refractivity contribution in [1.29, 1.82) is 0 Å². The molecule has 1 fully saturated rings. The molecule has 0 aromatic carbocycles. The maximum atomic E-state index is 6.25. The number of aromatic nitrogens is 2. The molecule has 0 radical (unpaired) electrons. The Balaban J connectivity index is 2.05. The normalized spacial score (nSPS) is 20.3. The molecule has 0 spiro atoms. The zero-order valence-electron chi connectivity index (χ0n) is 9.81. The van der Waals surface area contributed by atoms with Crippen LogP contribution in [0.4, 0.5) is 5.69 Å². The topological polar surface area (TPSA) is 29.0 Å². The molecule has 3 heterocycles. The van der Waals surface area contributed by atoms with E-state index in [4.69, 9.17) is 11.6 Å². The van der Waals surface area contributed by atoms with Crippen molar-refractivity contribution in [3.05, 3.63) is 29.0 Å². The number of hydrogen-bond donors (Lipinski definition) is 0. The van der Waals surface area contributed by atoms with Crippen LogP contribution in [0, 0.1) is 0 Å². The maximum Gasteiger partial charge on any atom is 0.112 e. The van der Waals surface area contributed by atoms with Crippen molar-refractivity contribution >= 4 is 44.3 Å². The van der Waals surface area contributed by atoms with Gasteiger partial charge in [0.1, 0.15) is 5.52 Å². The lowest BCUT2D eigenvalue weighted by atomic mass is 10.1. The van der Waals surface area contributed by atoms with Crippen LogP contribution in [0.5, 0.6) is 0 Å². The highest BCUT2D eigenvalue weighted by atomic mass is 79.9. The van der Waals surface area contributed by atoms with E-state index in [0.29, 0.717) is 0 Å². The van der Waals surface area contributed by atoms with Crippen LogP contribution in [0.15, 0.2) is 29.0 Å². The quantitative estimate of drug-likeness (QED) is 0.750. The maximum absolute atomic E-state index is 6.25. The van der Waals surface area contributed by atoms with Gasteiger partial charge in [0.25, 0.3) is 0 Å². The monoisotopic (exact) mass is 325 g/mol. The molecule has 0 N–H and O–H groups in total. The summed E-state index contributed by atoms with van der Waals surface area (Å²) in [5.74, 6) is 0. The Labute approximate surface area is 119 Å². The first-order valence-corrected chi connectivity index (χ1v) is 7.26. The molecule has 0 aliphatic carbocycles. The zero-order chi connectivity index (χ0) is 12.5. The number of rotatable bonds is 1. The van der Waals surface area contributed by atoms with Crippen molar-refractivity contribution in [3.63, 3.8) is 0 Å². The Bertz CT molecular complexity index is 575. The van der Waals surface area contributed by atoms with E-state index >= 15 is 0 Å². The zero-order valence-corrected chi connectivity index (χ0v) is 12.2. The molecule has 1 aliphatic rings. The lowest BCUT2D eigenvalue weighted by molar-refractivity contribution is 0.585. The number of pyridine rings is 2. The molecule has 94 valence electrons. The summed E-state index contributed by atoms with van der Waals surface area (Å²) in [5.41, 5.74) is 3.00. The standard InChI is InChI=1S/C13H13BrClN3/c14-9-6-11-13(17-7-9)12(3-4-16-11)18-5-1-2-10(15)8-18/h3-4,6-7,10H,1-2,5,8H2. The minimum absolute atomic E-state index is 0.234. The fourth-order valence-electron chi connectivity index (χ4n) is 2.39. The molecule has 5 heteroatoms. The van der Waals surface area contributed by atoms with Gasteiger partial charge in [0, 0.05) is 30.0 Å². The van der Waals surface area contributed by atoms with E-state index < -0.39 is 0 Å². The first-order valence-electron chi connectivity index (χ1n) is 6.03. The van der Waals surface area contributed by atoms with Crippen LogP contribution in [0.2, 0.25) is 0 Å². The van der Waals surface area contributed by atoms with Crippen molar-refractivity contribution < 1.29 is 0 Å². The Morgan fingerprint density at radius 2 is 2.28 bits per heavy atom. The molecule has 1 atom stereocenters. The van der Waals surface area contributed by atoms with Gasteiger partial charge in [-0.25, -0.2) is 0 Å². The van der Waals surface area contributed by atoms with Gasteiger partial charge in [-0.05, 0) is 40.9 Å². The van der Waals surface area contributed by atoms with Crippen LogP contribution in [0.3, 0.4) is 0 Å². The van der Waals surface area contributed by atoms with Gasteiger partial charge in [-0.1, -0.05) is 0 Å². The number of nitrogens with zero attached hydrogens (tertiary/aromatic N) is 3. The number of anilines is 1. The smallest absolute Gasteiger partial charge is 0.112 e. The van der Waals surface area contributed by atoms with Gasteiger partial charge in [0.15, 0.2) is 0 Å². The van der Waals surface area contributed by atoms with Crippen LogP contribution < -0.4 is 4.90 Å². The van der Waals surface area contributed by atoms with Crippen LogP contribution in [0.1, 0.15) is 12.8 Å². The third kappa shape index (κ3) is 2.31. The highest BCUT2D eigenvalue weighted by Crippen LogP contribution is 2.28. The molecule has 0 amide bonds. The number of alkyl halides is 1. The fourth-order valence-corrected chi connectivity index (χ4v) is 3.03. The average Bonchev–Trinajstić information content (AvgIpc) is 2.37. The minimum atomic E-state index is 0.234. The van der Waals surface area contributed by atoms with E-state index in [-0.39, 0.29) is 5.38 Å². The molecule has 1 aliphatic heterocycles. The second kappa shape index (κ2) is 5.02. The summed E-state index contributed by atoms with van der Waals surface area (Å²) in [6.45, 7) is 1.93. The summed E-state index contributed by atoms with van der Waals surface area (Å²) in [4.78, 5) is 11.2. The molecule has 2 aromatic heterocycles. The molecule has 18 heavy (non-hydrogen) atoms. The first-order chi connectivity index (χ1) is 8.74. The predicted octanol–water partition coefficient (Wildman–Crippen LogP) is 3.60. The summed E-state index contributed by atoms with van der Waals surface area (Å²) in [6.07, 6.45) is 5.88. The molecule has 2 aromatic rings. The van der Waals surface area contributed by atoms with E-state index in [1.807, 2.05) is 24.5 Å². The summed E-state index contributed by atoms with van der Waals surface area (Å²) in [7, 11) is 0. The number of halogens is 2. The lowest BCUT2D eigenvalue weighted by Gasteiger charge is -2.32. The van der Waals surface area contributed by atoms with Crippen LogP contribution in [-0.4, -0.2) is 28.4 Å². The lowest BCUT2D eigenvalue weighted by Crippen LogP contribution is -2.36. The van der Waals surface area contributed by atoms with Gasteiger partial charge in [-0.3, -0.25) is 9.97 Å². The van der Waals surface area contributed by atoms with Crippen molar-refractivity contribution in [1.82, 2.24) is 9.97 Å². The summed E-state index contributed by atoms with van der Waals surface area (Å²) >= 11 is 9.68. The fraction of sp³-hybridized carbons (Fsp3) is 0.385. The van der Waals surface area contributed by atoms with Gasteiger partial charge in [-0.15, -0.1) is 11.6 Å². The second-order valence-electron chi connectivity index (χ2n) is 4.54. The molecular formula is C13H13BrClN3. The predicted molar refractivity (Wildman–Crippen MR) is 78.3 cm³/mol. The van der Waals surface area contributed by atoms with Gasteiger partial charge in [0.05, 0.1) is 16.6 Å². The third-order valence-corrected chi connectivity index (χ3v) is 4.02. The SMILES string of the molecule is ClC1CCCN(c2ccnc3cc(Br)cnc23)C1. The van der Waals surface area contributed by atoms with E-state index in [1.54, 1.807) is 0 Å². The Morgan fingerprint density at radius 3 is 3.11 bits per heavy atom. The van der Waals surface area contributed by atoms with E-state index in [2.05, 4.69) is 30.8 Å². The van der Waals surface area contributed by atoms with E-state index in [9.17, 15) is 0 Å². The number of piperidine rings is 1. The highest BCUT2D eigenvalue weighted by molar-refractivity contribution is 9.10. The van der Waals surface area contributed by atoms with Crippen molar-refractivity contribution in [2.75, 3.05) is 18.0 Å². The highest BCUT2D eigenvalue weighted by Gasteiger charge is 2.20. The van der Waals surface area contributed by atoms with Gasteiger partial charge >= 0.3 is 0 Å². The van der Waals surface area contributed by atoms with E-state index in [0.717, 1.165) is 47.1 Å². The van der Waals surface area contributed by atoms with Crippen LogP contribution in [-0.2, 0) is 0 Å². The Kier molecular flexibility index (Phi) is 3.39. The van der Waals surface area contributed by atoms with Gasteiger partial charge in [-0.2, -0.15) is 0 Å². The summed E-state index contributed by atoms with van der Waals surface area (Å²) in [6, 6.07) is 4.02. The molecule has 0 saturated carbocycles. The third-order valence-electron chi connectivity index (χ3n) is 3.23. The summed E-state index contributed by atoms with van der Waals surface area (Å²) in [5, 5.41) is 0.234. The molecule has 3 rings (SSSR count). The molecule has 1 unspecified atom stereocenters. The second-order valence-corrected chi connectivity index (χ2v) is 6.07. The Hall–Kier alpha value is -0.870. The average molecular weight is 327 g/mol. The number of hydrogen-bond acceptors (Lipinski definition) is 3. The summed E-state index contributed by atoms with van der Waals surface area (Å²) < 4.78 is 0.952. The van der Waals surface area contributed by atoms with Crippen LogP contribution >= 0.6 is 27.5 Å². The largest absolute Gasteiger partial charge is 0.368 e. The molecule has 1 saturated heterocycles. The van der Waals surface area contributed by atoms with E-state index in [1.165, 1.54) is 0 Å². The van der Waals surface area contributed by atoms with Crippen molar-refractivity contribution in [2.24, 2.45) is 0 Å². The molecular weight excluding hydrogens is 314 g/mol. The van der Waals surface area contributed by atoms with Crippen molar-refractivity contribution in [2.45, 2.75) is 18.2 Å². The van der Waals surface area contributed by atoms with Gasteiger partial charge in [0.2, 0.25) is 0 Å². The number of fused-ring (bicyclic) bond motifs is 1. The van der Waals surface area contributed by atoms with Crippen LogP contribution in [0.25, 0.3) is 11.0 Å². The Morgan fingerprint density at radius 1 is 1.39 bits per heavy atom. The molecule has 3 nitrogen and oxygen atoms in total. The molecule has 0 bridgehead atoms. The minimum Gasteiger partial charge on any atom is -0.368 e.